The van der Waals surface area contributed by atoms with Gasteiger partial charge in [0, 0.05) is 5.38 Å². The summed E-state index contributed by atoms with van der Waals surface area (Å²) in [4.78, 5) is 23.8. The van der Waals surface area contributed by atoms with Gasteiger partial charge in [0.25, 0.3) is 5.91 Å². The van der Waals surface area contributed by atoms with Crippen molar-refractivity contribution in [1.29, 1.82) is 0 Å². The molecule has 1 aromatic rings. The second-order valence-corrected chi connectivity index (χ2v) is 6.24. The number of carboxylic acid groups (broad SMARTS) is 1. The molecule has 0 saturated heterocycles. The molecular weight excluding hydrogens is 262 g/mol. The van der Waals surface area contributed by atoms with E-state index in [1.165, 1.54) is 11.3 Å². The lowest BCUT2D eigenvalue weighted by Crippen LogP contribution is -2.56. The second kappa shape index (κ2) is 5.33. The summed E-state index contributed by atoms with van der Waals surface area (Å²) in [5, 5.41) is 15.9. The largest absolute Gasteiger partial charge is 0.480 e. The molecule has 0 atom stereocenters. The molecule has 0 spiro atoms. The zero-order valence-electron chi connectivity index (χ0n) is 11.2. The van der Waals surface area contributed by atoms with Gasteiger partial charge in [0.1, 0.15) is 5.54 Å². The van der Waals surface area contributed by atoms with E-state index in [4.69, 9.17) is 0 Å². The van der Waals surface area contributed by atoms with Gasteiger partial charge in [-0.05, 0) is 49.5 Å². The predicted molar refractivity (Wildman–Crippen MR) is 74.5 cm³/mol. The van der Waals surface area contributed by atoms with Gasteiger partial charge < -0.3 is 10.4 Å². The van der Waals surface area contributed by atoms with E-state index in [9.17, 15) is 14.7 Å². The fraction of sp³-hybridized carbons (Fsp3) is 0.571. The van der Waals surface area contributed by atoms with Crippen LogP contribution in [0.5, 0.6) is 0 Å². The summed E-state index contributed by atoms with van der Waals surface area (Å²) in [5.41, 5.74) is 0.397. The maximum absolute atomic E-state index is 12.2. The molecule has 4 nitrogen and oxygen atoms in total. The number of thiophene rings is 1. The van der Waals surface area contributed by atoms with E-state index in [0.717, 1.165) is 18.4 Å². The number of rotatable bonds is 3. The van der Waals surface area contributed by atoms with Gasteiger partial charge in [0.05, 0.1) is 5.56 Å². The minimum Gasteiger partial charge on any atom is -0.480 e. The average molecular weight is 281 g/mol. The molecule has 0 unspecified atom stereocenters. The summed E-state index contributed by atoms with van der Waals surface area (Å²) in [7, 11) is 0. The average Bonchev–Trinajstić information content (AvgIpc) is 2.78. The van der Waals surface area contributed by atoms with Gasteiger partial charge in [-0.25, -0.2) is 4.79 Å². The highest BCUT2D eigenvalue weighted by Gasteiger charge is 2.42. The summed E-state index contributed by atoms with van der Waals surface area (Å²) < 4.78 is 0. The maximum Gasteiger partial charge on any atom is 0.329 e. The highest BCUT2D eigenvalue weighted by atomic mass is 32.1. The van der Waals surface area contributed by atoms with Crippen LogP contribution in [0.1, 0.15) is 48.5 Å². The van der Waals surface area contributed by atoms with Gasteiger partial charge in [-0.3, -0.25) is 4.79 Å². The molecule has 1 heterocycles. The lowest BCUT2D eigenvalue weighted by atomic mass is 9.77. The van der Waals surface area contributed by atoms with Gasteiger partial charge in [0.2, 0.25) is 0 Å². The minimum atomic E-state index is -1.09. The highest BCUT2D eigenvalue weighted by molar-refractivity contribution is 7.08. The SMILES string of the molecule is Cc1cscc1C(=O)NC1(C(=O)O)CCC(C)CC1. The summed E-state index contributed by atoms with van der Waals surface area (Å²) in [6.07, 6.45) is 2.71. The normalized spacial score (nSPS) is 26.9. The van der Waals surface area contributed by atoms with Crippen molar-refractivity contribution in [2.45, 2.75) is 45.1 Å². The van der Waals surface area contributed by atoms with E-state index in [2.05, 4.69) is 12.2 Å². The van der Waals surface area contributed by atoms with Crippen LogP contribution in [-0.4, -0.2) is 22.5 Å². The fourth-order valence-corrected chi connectivity index (χ4v) is 3.35. The summed E-state index contributed by atoms with van der Waals surface area (Å²) >= 11 is 1.46. The van der Waals surface area contributed by atoms with Crippen LogP contribution in [0.3, 0.4) is 0 Å². The molecule has 0 radical (unpaired) electrons. The molecule has 1 amide bonds. The Morgan fingerprint density at radius 3 is 2.47 bits per heavy atom. The van der Waals surface area contributed by atoms with Crippen molar-refractivity contribution >= 4 is 23.2 Å². The van der Waals surface area contributed by atoms with Crippen molar-refractivity contribution in [3.8, 4) is 0 Å². The standard InChI is InChI=1S/C14H19NO3S/c1-9-3-5-14(6-4-9,13(17)18)15-12(16)11-8-19-7-10(11)2/h7-9H,3-6H2,1-2H3,(H,15,16)(H,17,18). The molecule has 1 aliphatic rings. The van der Waals surface area contributed by atoms with Gasteiger partial charge >= 0.3 is 5.97 Å². The van der Waals surface area contributed by atoms with Crippen molar-refractivity contribution < 1.29 is 14.7 Å². The number of hydrogen-bond acceptors (Lipinski definition) is 3. The Hall–Kier alpha value is -1.36. The van der Waals surface area contributed by atoms with Crippen molar-refractivity contribution in [3.63, 3.8) is 0 Å². The topological polar surface area (TPSA) is 66.4 Å². The lowest BCUT2D eigenvalue weighted by molar-refractivity contribution is -0.146. The maximum atomic E-state index is 12.2. The zero-order chi connectivity index (χ0) is 14.0. The van der Waals surface area contributed by atoms with Crippen LogP contribution < -0.4 is 5.32 Å². The molecule has 2 rings (SSSR count). The number of aryl methyl sites for hydroxylation is 1. The second-order valence-electron chi connectivity index (χ2n) is 5.49. The fourth-order valence-electron chi connectivity index (χ4n) is 2.53. The monoisotopic (exact) mass is 281 g/mol. The van der Waals surface area contributed by atoms with Crippen molar-refractivity contribution in [1.82, 2.24) is 5.32 Å². The molecule has 1 aromatic heterocycles. The Kier molecular flexibility index (Phi) is 3.94. The number of amides is 1. The van der Waals surface area contributed by atoms with Gasteiger partial charge in [-0.2, -0.15) is 11.3 Å². The zero-order valence-corrected chi connectivity index (χ0v) is 12.0. The Morgan fingerprint density at radius 2 is 2.00 bits per heavy atom. The van der Waals surface area contributed by atoms with E-state index in [1.54, 1.807) is 5.38 Å². The first-order valence-electron chi connectivity index (χ1n) is 6.53. The number of carbonyl (C=O) groups excluding carboxylic acids is 1. The van der Waals surface area contributed by atoms with Crippen molar-refractivity contribution in [3.05, 3.63) is 21.9 Å². The van der Waals surface area contributed by atoms with Crippen LogP contribution in [0.25, 0.3) is 0 Å². The number of carbonyl (C=O) groups is 2. The van der Waals surface area contributed by atoms with Crippen LogP contribution in [0.4, 0.5) is 0 Å². The van der Waals surface area contributed by atoms with E-state index >= 15 is 0 Å². The van der Waals surface area contributed by atoms with E-state index in [0.29, 0.717) is 24.3 Å². The van der Waals surface area contributed by atoms with Crippen molar-refractivity contribution in [2.75, 3.05) is 0 Å². The molecule has 5 heteroatoms. The molecule has 19 heavy (non-hydrogen) atoms. The number of aliphatic carboxylic acids is 1. The Labute approximate surface area is 116 Å². The first-order chi connectivity index (χ1) is 8.94. The van der Waals surface area contributed by atoms with Crippen LogP contribution >= 0.6 is 11.3 Å². The minimum absolute atomic E-state index is 0.268. The quantitative estimate of drug-likeness (QED) is 0.895. The molecule has 1 saturated carbocycles. The third-order valence-electron chi connectivity index (χ3n) is 3.99. The molecule has 0 aliphatic heterocycles. The van der Waals surface area contributed by atoms with E-state index in [1.807, 2.05) is 12.3 Å². The smallest absolute Gasteiger partial charge is 0.329 e. The summed E-state index contributed by atoms with van der Waals surface area (Å²) in [5.74, 6) is -0.649. The van der Waals surface area contributed by atoms with Crippen LogP contribution in [0, 0.1) is 12.8 Å². The predicted octanol–water partition coefficient (Wildman–Crippen LogP) is 2.82. The first kappa shape index (κ1) is 14.1. The van der Waals surface area contributed by atoms with Crippen LogP contribution in [0.15, 0.2) is 10.8 Å². The highest BCUT2D eigenvalue weighted by Crippen LogP contribution is 2.32. The third-order valence-corrected chi connectivity index (χ3v) is 4.85. The Morgan fingerprint density at radius 1 is 1.37 bits per heavy atom. The Bertz CT molecular complexity index is 487. The lowest BCUT2D eigenvalue weighted by Gasteiger charge is -2.36. The molecular formula is C14H19NO3S. The summed E-state index contributed by atoms with van der Waals surface area (Å²) in [6.45, 7) is 3.98. The molecule has 1 fully saturated rings. The van der Waals surface area contributed by atoms with Gasteiger partial charge in [-0.1, -0.05) is 6.92 Å². The van der Waals surface area contributed by atoms with Crippen molar-refractivity contribution in [2.24, 2.45) is 5.92 Å². The van der Waals surface area contributed by atoms with Gasteiger partial charge in [-0.15, -0.1) is 0 Å². The van der Waals surface area contributed by atoms with Crippen LogP contribution in [-0.2, 0) is 4.79 Å². The van der Waals surface area contributed by atoms with E-state index < -0.39 is 11.5 Å². The Balaban J connectivity index is 2.16. The molecule has 0 aromatic carbocycles. The molecule has 1 aliphatic carbocycles. The summed E-state index contributed by atoms with van der Waals surface area (Å²) in [6, 6.07) is 0. The van der Waals surface area contributed by atoms with Gasteiger partial charge in [0.15, 0.2) is 0 Å². The number of carboxylic acids is 1. The number of hydrogen-bond donors (Lipinski definition) is 2. The molecule has 0 bridgehead atoms. The number of nitrogens with one attached hydrogen (secondary N) is 1. The first-order valence-corrected chi connectivity index (χ1v) is 7.47. The molecule has 2 N–H and O–H groups in total. The van der Waals surface area contributed by atoms with Crippen LogP contribution in [0.2, 0.25) is 0 Å². The molecule has 104 valence electrons. The third kappa shape index (κ3) is 2.81. The van der Waals surface area contributed by atoms with E-state index in [-0.39, 0.29) is 5.91 Å².